The average molecular weight is 345 g/mol. The zero-order valence-electron chi connectivity index (χ0n) is 14.3. The van der Waals surface area contributed by atoms with Gasteiger partial charge in [-0.1, -0.05) is 18.2 Å². The Balaban J connectivity index is 2.03. The third-order valence-corrected chi connectivity index (χ3v) is 4.19. The minimum Gasteiger partial charge on any atom is -0.376 e. The van der Waals surface area contributed by atoms with Crippen LogP contribution in [0.25, 0.3) is 0 Å². The second-order valence-corrected chi connectivity index (χ2v) is 5.84. The Labute approximate surface area is 145 Å². The number of amides is 1. The Hall–Kier alpha value is -2.96. The number of likely N-dealkylation sites (N-methyl/N-ethyl adjacent to an activating group) is 1. The van der Waals surface area contributed by atoms with Crippen molar-refractivity contribution in [3.8, 4) is 0 Å². The molecule has 0 heterocycles. The third kappa shape index (κ3) is 4.53. The van der Waals surface area contributed by atoms with E-state index in [1.54, 1.807) is 37.1 Å². The molecule has 1 unspecified atom stereocenters. The highest BCUT2D eigenvalue weighted by molar-refractivity contribution is 5.81. The van der Waals surface area contributed by atoms with Gasteiger partial charge in [0.25, 0.3) is 5.69 Å². The molecule has 2 rings (SSSR count). The van der Waals surface area contributed by atoms with Gasteiger partial charge in [-0.05, 0) is 37.1 Å². The van der Waals surface area contributed by atoms with Crippen molar-refractivity contribution in [1.29, 1.82) is 0 Å². The average Bonchev–Trinajstić information content (AvgIpc) is 2.59. The Kier molecular flexibility index (Phi) is 5.69. The van der Waals surface area contributed by atoms with Crippen molar-refractivity contribution in [2.75, 3.05) is 18.9 Å². The van der Waals surface area contributed by atoms with E-state index in [0.717, 1.165) is 11.1 Å². The molecule has 25 heavy (non-hydrogen) atoms. The molecule has 2 aromatic carbocycles. The number of anilines is 1. The molecule has 6 nitrogen and oxygen atoms in total. The van der Waals surface area contributed by atoms with Gasteiger partial charge in [-0.25, -0.2) is 4.39 Å². The first-order valence-corrected chi connectivity index (χ1v) is 7.79. The number of hydrogen-bond acceptors (Lipinski definition) is 4. The first kappa shape index (κ1) is 18.4. The zero-order chi connectivity index (χ0) is 18.6. The SMILES string of the molecule is Cc1ccc([N+](=O)[O-])cc1NCC(=O)N(C)C(C)c1ccc(F)cc1. The van der Waals surface area contributed by atoms with Crippen molar-refractivity contribution >= 4 is 17.3 Å². The zero-order valence-corrected chi connectivity index (χ0v) is 14.3. The maximum absolute atomic E-state index is 13.0. The highest BCUT2D eigenvalue weighted by Crippen LogP contribution is 2.22. The van der Waals surface area contributed by atoms with Gasteiger partial charge in [0.05, 0.1) is 17.5 Å². The van der Waals surface area contributed by atoms with Gasteiger partial charge >= 0.3 is 0 Å². The highest BCUT2D eigenvalue weighted by Gasteiger charge is 2.18. The predicted octanol–water partition coefficient (Wildman–Crippen LogP) is 3.67. The lowest BCUT2D eigenvalue weighted by molar-refractivity contribution is -0.384. The second-order valence-electron chi connectivity index (χ2n) is 5.84. The molecule has 0 aliphatic rings. The fourth-order valence-corrected chi connectivity index (χ4v) is 2.39. The number of nitro groups is 1. The Morgan fingerprint density at radius 2 is 1.92 bits per heavy atom. The van der Waals surface area contributed by atoms with Crippen LogP contribution in [-0.2, 0) is 4.79 Å². The van der Waals surface area contributed by atoms with Gasteiger partial charge in [-0.15, -0.1) is 0 Å². The van der Waals surface area contributed by atoms with Crippen LogP contribution in [0, 0.1) is 22.9 Å². The maximum Gasteiger partial charge on any atom is 0.271 e. The number of halogens is 1. The van der Waals surface area contributed by atoms with Crippen LogP contribution in [0.4, 0.5) is 15.8 Å². The minimum absolute atomic E-state index is 0.00401. The van der Waals surface area contributed by atoms with Gasteiger partial charge in [0.15, 0.2) is 0 Å². The molecule has 2 aromatic rings. The lowest BCUT2D eigenvalue weighted by Gasteiger charge is -2.26. The van der Waals surface area contributed by atoms with E-state index in [1.165, 1.54) is 24.3 Å². The molecule has 1 N–H and O–H groups in total. The fourth-order valence-electron chi connectivity index (χ4n) is 2.39. The van der Waals surface area contributed by atoms with Crippen LogP contribution in [0.5, 0.6) is 0 Å². The van der Waals surface area contributed by atoms with Crippen molar-refractivity contribution in [1.82, 2.24) is 4.90 Å². The van der Waals surface area contributed by atoms with Crippen LogP contribution in [0.3, 0.4) is 0 Å². The van der Waals surface area contributed by atoms with E-state index in [2.05, 4.69) is 5.32 Å². The molecule has 1 amide bonds. The van der Waals surface area contributed by atoms with Gasteiger partial charge in [-0.3, -0.25) is 14.9 Å². The number of nitrogens with zero attached hydrogens (tertiary/aromatic N) is 2. The number of aryl methyl sites for hydroxylation is 1. The summed E-state index contributed by atoms with van der Waals surface area (Å²) in [5, 5.41) is 13.8. The predicted molar refractivity (Wildman–Crippen MR) is 93.9 cm³/mol. The second kappa shape index (κ2) is 7.74. The summed E-state index contributed by atoms with van der Waals surface area (Å²) >= 11 is 0. The smallest absolute Gasteiger partial charge is 0.271 e. The van der Waals surface area contributed by atoms with Crippen LogP contribution in [0.2, 0.25) is 0 Å². The first-order chi connectivity index (χ1) is 11.8. The van der Waals surface area contributed by atoms with Crippen molar-refractivity contribution < 1.29 is 14.1 Å². The lowest BCUT2D eigenvalue weighted by atomic mass is 10.1. The Bertz CT molecular complexity index is 778. The quantitative estimate of drug-likeness (QED) is 0.640. The number of benzene rings is 2. The molecule has 7 heteroatoms. The fraction of sp³-hybridized carbons (Fsp3) is 0.278. The standard InChI is InChI=1S/C18H20FN3O3/c1-12-4-9-16(22(24)25)10-17(12)20-11-18(23)21(3)13(2)14-5-7-15(19)8-6-14/h4-10,13,20H,11H2,1-3H3. The number of rotatable bonds is 6. The van der Waals surface area contributed by atoms with Crippen LogP contribution < -0.4 is 5.32 Å². The summed E-state index contributed by atoms with van der Waals surface area (Å²) in [4.78, 5) is 24.3. The van der Waals surface area contributed by atoms with Crippen molar-refractivity contribution in [3.05, 3.63) is 69.5 Å². The number of carbonyl (C=O) groups is 1. The summed E-state index contributed by atoms with van der Waals surface area (Å²) in [6.45, 7) is 3.66. The number of nitrogens with one attached hydrogen (secondary N) is 1. The van der Waals surface area contributed by atoms with E-state index in [-0.39, 0.29) is 30.0 Å². The molecule has 1 atom stereocenters. The number of non-ortho nitro benzene ring substituents is 1. The summed E-state index contributed by atoms with van der Waals surface area (Å²) in [5.74, 6) is -0.504. The molecule has 0 fully saturated rings. The molecule has 0 aliphatic carbocycles. The summed E-state index contributed by atoms with van der Waals surface area (Å²) in [7, 11) is 1.67. The molecule has 0 saturated heterocycles. The first-order valence-electron chi connectivity index (χ1n) is 7.79. The molecular formula is C18H20FN3O3. The molecule has 0 radical (unpaired) electrons. The summed E-state index contributed by atoms with van der Waals surface area (Å²) in [6.07, 6.45) is 0. The topological polar surface area (TPSA) is 75.5 Å². The van der Waals surface area contributed by atoms with Crippen LogP contribution in [0.15, 0.2) is 42.5 Å². The molecule has 132 valence electrons. The minimum atomic E-state index is -0.477. The molecule has 0 bridgehead atoms. The summed E-state index contributed by atoms with van der Waals surface area (Å²) in [5.41, 5.74) is 2.15. The number of carbonyl (C=O) groups excluding carboxylic acids is 1. The van der Waals surface area contributed by atoms with E-state index in [9.17, 15) is 19.3 Å². The lowest BCUT2D eigenvalue weighted by Crippen LogP contribution is -2.34. The third-order valence-electron chi connectivity index (χ3n) is 4.19. The van der Waals surface area contributed by atoms with E-state index < -0.39 is 4.92 Å². The van der Waals surface area contributed by atoms with Gasteiger partial charge in [0.1, 0.15) is 5.82 Å². The highest BCUT2D eigenvalue weighted by atomic mass is 19.1. The van der Waals surface area contributed by atoms with E-state index >= 15 is 0 Å². The van der Waals surface area contributed by atoms with E-state index in [4.69, 9.17) is 0 Å². The van der Waals surface area contributed by atoms with Crippen molar-refractivity contribution in [2.45, 2.75) is 19.9 Å². The molecule has 0 aliphatic heterocycles. The molecular weight excluding hydrogens is 325 g/mol. The van der Waals surface area contributed by atoms with Crippen molar-refractivity contribution in [2.24, 2.45) is 0 Å². The Morgan fingerprint density at radius 3 is 2.52 bits per heavy atom. The van der Waals surface area contributed by atoms with Gasteiger partial charge in [0.2, 0.25) is 5.91 Å². The van der Waals surface area contributed by atoms with Gasteiger partial charge in [0, 0.05) is 24.9 Å². The van der Waals surface area contributed by atoms with Gasteiger partial charge < -0.3 is 10.2 Å². The van der Waals surface area contributed by atoms with Crippen LogP contribution in [-0.4, -0.2) is 29.3 Å². The monoisotopic (exact) mass is 345 g/mol. The van der Waals surface area contributed by atoms with E-state index in [0.29, 0.717) is 5.69 Å². The normalized spacial score (nSPS) is 11.7. The number of nitro benzene ring substituents is 1. The van der Waals surface area contributed by atoms with E-state index in [1.807, 2.05) is 6.92 Å². The largest absolute Gasteiger partial charge is 0.376 e. The molecule has 0 aromatic heterocycles. The summed E-state index contributed by atoms with van der Waals surface area (Å²) < 4.78 is 13.0. The van der Waals surface area contributed by atoms with Crippen LogP contribution in [0.1, 0.15) is 24.1 Å². The van der Waals surface area contributed by atoms with Crippen molar-refractivity contribution in [3.63, 3.8) is 0 Å². The van der Waals surface area contributed by atoms with Crippen LogP contribution >= 0.6 is 0 Å². The van der Waals surface area contributed by atoms with Gasteiger partial charge in [-0.2, -0.15) is 0 Å². The Morgan fingerprint density at radius 1 is 1.28 bits per heavy atom. The number of hydrogen-bond donors (Lipinski definition) is 1. The maximum atomic E-state index is 13.0. The molecule has 0 saturated carbocycles. The molecule has 0 spiro atoms. The summed E-state index contributed by atoms with van der Waals surface area (Å²) in [6, 6.07) is 10.2.